The average molecular weight is 291 g/mol. The molecule has 1 N–H and O–H groups in total. The van der Waals surface area contributed by atoms with Crippen molar-refractivity contribution in [3.05, 3.63) is 35.7 Å². The molecule has 19 heavy (non-hydrogen) atoms. The van der Waals surface area contributed by atoms with Crippen LogP contribution in [0.5, 0.6) is 0 Å². The van der Waals surface area contributed by atoms with Crippen molar-refractivity contribution in [1.82, 2.24) is 4.98 Å². The largest absolute Gasteiger partial charge is 0.481 e. The van der Waals surface area contributed by atoms with Crippen LogP contribution in [0.1, 0.15) is 0 Å². The van der Waals surface area contributed by atoms with Crippen molar-refractivity contribution in [1.29, 1.82) is 0 Å². The number of thiazole rings is 1. The van der Waals surface area contributed by atoms with E-state index in [4.69, 9.17) is 9.52 Å². The van der Waals surface area contributed by atoms with Crippen LogP contribution in [0.25, 0.3) is 22.4 Å². The highest BCUT2D eigenvalue weighted by molar-refractivity contribution is 8.01. The van der Waals surface area contributed by atoms with Crippen LogP contribution in [-0.2, 0) is 4.79 Å². The summed E-state index contributed by atoms with van der Waals surface area (Å²) in [7, 11) is 0. The quantitative estimate of drug-likeness (QED) is 0.742. The van der Waals surface area contributed by atoms with E-state index in [0.717, 1.165) is 21.0 Å². The highest BCUT2D eigenvalue weighted by atomic mass is 32.2. The molecule has 0 saturated carbocycles. The number of aromatic nitrogens is 1. The van der Waals surface area contributed by atoms with Crippen molar-refractivity contribution in [2.75, 3.05) is 5.75 Å². The number of furan rings is 1. The topological polar surface area (TPSA) is 63.3 Å². The molecule has 0 amide bonds. The summed E-state index contributed by atoms with van der Waals surface area (Å²) >= 11 is 2.64. The zero-order valence-corrected chi connectivity index (χ0v) is 11.3. The van der Waals surface area contributed by atoms with E-state index in [1.807, 2.05) is 35.7 Å². The lowest BCUT2D eigenvalue weighted by Gasteiger charge is -1.90. The smallest absolute Gasteiger partial charge is 0.313 e. The molecule has 0 bridgehead atoms. The third-order valence-corrected chi connectivity index (χ3v) is 4.49. The molecular weight excluding hydrogens is 282 g/mol. The van der Waals surface area contributed by atoms with Gasteiger partial charge in [-0.3, -0.25) is 4.79 Å². The molecule has 1 aromatic carbocycles. The van der Waals surface area contributed by atoms with Crippen LogP contribution in [0.4, 0.5) is 0 Å². The van der Waals surface area contributed by atoms with Gasteiger partial charge in [0.05, 0.1) is 5.75 Å². The van der Waals surface area contributed by atoms with Gasteiger partial charge in [-0.1, -0.05) is 30.0 Å². The summed E-state index contributed by atoms with van der Waals surface area (Å²) in [5.41, 5.74) is 1.57. The highest BCUT2D eigenvalue weighted by Crippen LogP contribution is 2.31. The standard InChI is InChI=1S/C13H9NO3S2/c15-12(16)7-19-13-14-9(6-18-13)11-5-8-3-1-2-4-10(8)17-11/h1-6H,7H2,(H,15,16). The molecule has 6 heteroatoms. The summed E-state index contributed by atoms with van der Waals surface area (Å²) < 4.78 is 6.45. The normalized spacial score (nSPS) is 10.9. The van der Waals surface area contributed by atoms with E-state index >= 15 is 0 Å². The zero-order chi connectivity index (χ0) is 13.2. The molecule has 2 heterocycles. The molecule has 0 spiro atoms. The summed E-state index contributed by atoms with van der Waals surface area (Å²) in [4.78, 5) is 14.9. The molecule has 4 nitrogen and oxygen atoms in total. The first-order chi connectivity index (χ1) is 9.22. The lowest BCUT2D eigenvalue weighted by atomic mass is 10.2. The minimum atomic E-state index is -0.842. The van der Waals surface area contributed by atoms with Crippen LogP contribution < -0.4 is 0 Å². The number of nitrogens with zero attached hydrogens (tertiary/aromatic N) is 1. The molecule has 0 radical (unpaired) electrons. The van der Waals surface area contributed by atoms with Crippen LogP contribution >= 0.6 is 23.1 Å². The van der Waals surface area contributed by atoms with Crippen molar-refractivity contribution >= 4 is 40.0 Å². The molecule has 3 rings (SSSR count). The summed E-state index contributed by atoms with van der Waals surface area (Å²) in [6, 6.07) is 9.71. The Balaban J connectivity index is 1.87. The Morgan fingerprint density at radius 3 is 3.05 bits per heavy atom. The Morgan fingerprint density at radius 2 is 2.26 bits per heavy atom. The summed E-state index contributed by atoms with van der Waals surface area (Å²) in [5.74, 6) is -0.113. The maximum Gasteiger partial charge on any atom is 0.313 e. The minimum absolute atomic E-state index is 0.0209. The number of hydrogen-bond donors (Lipinski definition) is 1. The first-order valence-electron chi connectivity index (χ1n) is 5.51. The Labute approximate surface area is 117 Å². The molecule has 0 unspecified atom stereocenters. The van der Waals surface area contributed by atoms with Gasteiger partial charge in [0, 0.05) is 10.8 Å². The summed E-state index contributed by atoms with van der Waals surface area (Å²) in [6.07, 6.45) is 0. The third kappa shape index (κ3) is 2.64. The van der Waals surface area contributed by atoms with E-state index in [9.17, 15) is 4.79 Å². The summed E-state index contributed by atoms with van der Waals surface area (Å²) in [6.45, 7) is 0. The number of fused-ring (bicyclic) bond motifs is 1. The second-order valence-electron chi connectivity index (χ2n) is 3.83. The van der Waals surface area contributed by atoms with Crippen molar-refractivity contribution in [3.8, 4) is 11.5 Å². The maximum atomic E-state index is 10.5. The number of carbonyl (C=O) groups is 1. The lowest BCUT2D eigenvalue weighted by Crippen LogP contribution is -1.96. The lowest BCUT2D eigenvalue weighted by molar-refractivity contribution is -0.133. The van der Waals surface area contributed by atoms with Gasteiger partial charge in [-0.2, -0.15) is 0 Å². The maximum absolute atomic E-state index is 10.5. The molecule has 0 saturated heterocycles. The molecule has 3 aromatic rings. The third-order valence-electron chi connectivity index (χ3n) is 2.48. The first kappa shape index (κ1) is 12.3. The number of carboxylic acids is 1. The number of benzene rings is 1. The van der Waals surface area contributed by atoms with Gasteiger partial charge in [-0.15, -0.1) is 11.3 Å². The second-order valence-corrected chi connectivity index (χ2v) is 5.91. The number of carboxylic acid groups (broad SMARTS) is 1. The van der Waals surface area contributed by atoms with Crippen LogP contribution in [0, 0.1) is 0 Å². The van der Waals surface area contributed by atoms with Gasteiger partial charge in [0.1, 0.15) is 11.3 Å². The average Bonchev–Trinajstić information content (AvgIpc) is 3.02. The molecule has 96 valence electrons. The Kier molecular flexibility index (Phi) is 3.27. The van der Waals surface area contributed by atoms with Gasteiger partial charge < -0.3 is 9.52 Å². The molecule has 0 atom stereocenters. The van der Waals surface area contributed by atoms with Gasteiger partial charge in [0.25, 0.3) is 0 Å². The Morgan fingerprint density at radius 1 is 1.42 bits per heavy atom. The van der Waals surface area contributed by atoms with Crippen LogP contribution in [0.15, 0.2) is 44.5 Å². The van der Waals surface area contributed by atoms with Gasteiger partial charge in [0.15, 0.2) is 10.1 Å². The van der Waals surface area contributed by atoms with E-state index in [1.54, 1.807) is 0 Å². The van der Waals surface area contributed by atoms with E-state index in [-0.39, 0.29) is 5.75 Å². The van der Waals surface area contributed by atoms with E-state index in [0.29, 0.717) is 5.76 Å². The van der Waals surface area contributed by atoms with Crippen molar-refractivity contribution < 1.29 is 14.3 Å². The van der Waals surface area contributed by atoms with E-state index in [2.05, 4.69) is 4.98 Å². The fourth-order valence-corrected chi connectivity index (χ4v) is 3.20. The van der Waals surface area contributed by atoms with Crippen LogP contribution in [-0.4, -0.2) is 21.8 Å². The van der Waals surface area contributed by atoms with Crippen LogP contribution in [0.2, 0.25) is 0 Å². The predicted molar refractivity (Wildman–Crippen MR) is 75.7 cm³/mol. The van der Waals surface area contributed by atoms with Crippen molar-refractivity contribution in [3.63, 3.8) is 0 Å². The minimum Gasteiger partial charge on any atom is -0.481 e. The number of thioether (sulfide) groups is 1. The summed E-state index contributed by atoms with van der Waals surface area (Å²) in [5, 5.41) is 11.5. The number of para-hydroxylation sites is 1. The molecule has 0 fully saturated rings. The molecule has 0 aliphatic carbocycles. The van der Waals surface area contributed by atoms with E-state index in [1.165, 1.54) is 23.1 Å². The fraction of sp³-hybridized carbons (Fsp3) is 0.0769. The number of aliphatic carboxylic acids is 1. The Hall–Kier alpha value is -1.79. The number of hydrogen-bond acceptors (Lipinski definition) is 5. The Bertz CT molecular complexity index is 699. The van der Waals surface area contributed by atoms with Gasteiger partial charge in [-0.25, -0.2) is 4.98 Å². The molecular formula is C13H9NO3S2. The van der Waals surface area contributed by atoms with Crippen LogP contribution in [0.3, 0.4) is 0 Å². The van der Waals surface area contributed by atoms with Gasteiger partial charge >= 0.3 is 5.97 Å². The zero-order valence-electron chi connectivity index (χ0n) is 9.70. The monoisotopic (exact) mass is 291 g/mol. The predicted octanol–water partition coefficient (Wildman–Crippen LogP) is 3.73. The molecule has 2 aromatic heterocycles. The fourth-order valence-electron chi connectivity index (χ4n) is 1.67. The van der Waals surface area contributed by atoms with Crippen molar-refractivity contribution in [2.45, 2.75) is 4.34 Å². The van der Waals surface area contributed by atoms with Crippen molar-refractivity contribution in [2.24, 2.45) is 0 Å². The van der Waals surface area contributed by atoms with E-state index < -0.39 is 5.97 Å². The molecule has 0 aliphatic rings. The number of rotatable bonds is 4. The SMILES string of the molecule is O=C(O)CSc1nc(-c2cc3ccccc3o2)cs1. The second kappa shape index (κ2) is 5.07. The first-order valence-corrected chi connectivity index (χ1v) is 7.38. The molecule has 0 aliphatic heterocycles. The van der Waals surface area contributed by atoms with Gasteiger partial charge in [-0.05, 0) is 12.1 Å². The van der Waals surface area contributed by atoms with Gasteiger partial charge in [0.2, 0.25) is 0 Å². The highest BCUT2D eigenvalue weighted by Gasteiger charge is 2.11.